The summed E-state index contributed by atoms with van der Waals surface area (Å²) in [6, 6.07) is 6.19. The number of fused-ring (bicyclic) bond motifs is 2. The number of aryl methyl sites for hydroxylation is 1. The summed E-state index contributed by atoms with van der Waals surface area (Å²) in [4.78, 5) is 18.9. The number of carbonyl (C=O) groups is 1. The summed E-state index contributed by atoms with van der Waals surface area (Å²) in [5.74, 6) is 0.161. The third kappa shape index (κ3) is 3.12. The zero-order valence-corrected chi connectivity index (χ0v) is 14.7. The van der Waals surface area contributed by atoms with Crippen LogP contribution in [0.25, 0.3) is 0 Å². The largest absolute Gasteiger partial charge is 0.382 e. The average molecular weight is 358 g/mol. The molecule has 1 unspecified atom stereocenters. The normalized spacial score (nSPS) is 28.3. The second-order valence-electron chi connectivity index (χ2n) is 7.42. The molecule has 7 heteroatoms. The van der Waals surface area contributed by atoms with Crippen molar-refractivity contribution in [3.8, 4) is 0 Å². The monoisotopic (exact) mass is 358 g/mol. The highest BCUT2D eigenvalue weighted by atomic mass is 19.1. The molecule has 0 radical (unpaired) electrons. The van der Waals surface area contributed by atoms with Gasteiger partial charge < -0.3 is 15.0 Å². The number of aromatic nitrogens is 2. The summed E-state index contributed by atoms with van der Waals surface area (Å²) >= 11 is 0. The molecule has 1 aromatic heterocycles. The minimum Gasteiger partial charge on any atom is -0.382 e. The fourth-order valence-electron chi connectivity index (χ4n) is 4.50. The van der Waals surface area contributed by atoms with Gasteiger partial charge in [0.15, 0.2) is 0 Å². The molecule has 2 aliphatic heterocycles. The summed E-state index contributed by atoms with van der Waals surface area (Å²) in [6.07, 6.45) is 6.61. The molecule has 138 valence electrons. The van der Waals surface area contributed by atoms with Crippen molar-refractivity contribution in [2.75, 3.05) is 11.9 Å². The predicted octanol–water partition coefficient (Wildman–Crippen LogP) is 2.01. The quantitative estimate of drug-likeness (QED) is 0.877. The number of amides is 1. The van der Waals surface area contributed by atoms with Crippen LogP contribution in [-0.2, 0) is 17.4 Å². The van der Waals surface area contributed by atoms with Crippen LogP contribution in [0.4, 0.5) is 10.1 Å². The van der Waals surface area contributed by atoms with E-state index in [0.29, 0.717) is 24.4 Å². The average Bonchev–Trinajstić information content (AvgIpc) is 3.10. The van der Waals surface area contributed by atoms with E-state index in [-0.39, 0.29) is 30.4 Å². The van der Waals surface area contributed by atoms with Crippen molar-refractivity contribution in [3.05, 3.63) is 48.3 Å². The van der Waals surface area contributed by atoms with Crippen LogP contribution in [0.3, 0.4) is 0 Å². The van der Waals surface area contributed by atoms with E-state index in [2.05, 4.69) is 15.2 Å². The number of hydrogen-bond acceptors (Lipinski definition) is 4. The van der Waals surface area contributed by atoms with E-state index in [1.54, 1.807) is 18.3 Å². The molecule has 2 bridgehead atoms. The van der Waals surface area contributed by atoms with Crippen molar-refractivity contribution in [1.29, 1.82) is 0 Å². The Labute approximate surface area is 151 Å². The van der Waals surface area contributed by atoms with E-state index in [1.165, 1.54) is 12.1 Å². The molecule has 1 aromatic carbocycles. The van der Waals surface area contributed by atoms with Crippen LogP contribution in [-0.4, -0.2) is 44.1 Å². The highest BCUT2D eigenvalue weighted by molar-refractivity contribution is 5.92. The van der Waals surface area contributed by atoms with Gasteiger partial charge in [0.25, 0.3) is 0 Å². The van der Waals surface area contributed by atoms with E-state index in [0.717, 1.165) is 12.8 Å². The highest BCUT2D eigenvalue weighted by Crippen LogP contribution is 2.44. The fraction of sp³-hybridized carbons (Fsp3) is 0.474. The number of carbonyl (C=O) groups excluding carboxylic acids is 1. The number of anilines is 1. The van der Waals surface area contributed by atoms with Crippen LogP contribution >= 0.6 is 0 Å². The van der Waals surface area contributed by atoms with Gasteiger partial charge in [0.2, 0.25) is 5.91 Å². The molecule has 3 atom stereocenters. The second-order valence-corrected chi connectivity index (χ2v) is 7.42. The topological polar surface area (TPSA) is 70.4 Å². The van der Waals surface area contributed by atoms with Crippen molar-refractivity contribution in [3.63, 3.8) is 0 Å². The number of imidazole rings is 1. The van der Waals surface area contributed by atoms with Crippen molar-refractivity contribution in [2.45, 2.75) is 43.4 Å². The molecule has 26 heavy (non-hydrogen) atoms. The smallest absolute Gasteiger partial charge is 0.238 e. The molecular formula is C19H23FN4O2. The number of nitrogens with one attached hydrogen (secondary N) is 1. The van der Waals surface area contributed by atoms with Crippen LogP contribution in [0.5, 0.6) is 0 Å². The van der Waals surface area contributed by atoms with Gasteiger partial charge in [0.1, 0.15) is 17.2 Å². The summed E-state index contributed by atoms with van der Waals surface area (Å²) in [5.41, 5.74) is -0.483. The Kier molecular flexibility index (Phi) is 4.28. The maximum atomic E-state index is 13.3. The molecule has 0 aliphatic carbocycles. The van der Waals surface area contributed by atoms with Crippen molar-refractivity contribution in [1.82, 2.24) is 14.5 Å². The molecule has 1 amide bonds. The lowest BCUT2D eigenvalue weighted by Crippen LogP contribution is -2.52. The van der Waals surface area contributed by atoms with Gasteiger partial charge in [0, 0.05) is 37.2 Å². The predicted molar refractivity (Wildman–Crippen MR) is 94.9 cm³/mol. The molecule has 0 spiro atoms. The van der Waals surface area contributed by atoms with Crippen molar-refractivity contribution >= 4 is 11.6 Å². The minimum absolute atomic E-state index is 0.147. The molecule has 2 aromatic rings. The minimum atomic E-state index is -0.945. The van der Waals surface area contributed by atoms with E-state index < -0.39 is 5.60 Å². The Morgan fingerprint density at radius 3 is 2.73 bits per heavy atom. The number of halogens is 1. The van der Waals surface area contributed by atoms with Gasteiger partial charge in [0.05, 0.1) is 6.54 Å². The zero-order valence-electron chi connectivity index (χ0n) is 14.7. The van der Waals surface area contributed by atoms with Crippen LogP contribution in [0.15, 0.2) is 36.7 Å². The Hall–Kier alpha value is -2.25. The van der Waals surface area contributed by atoms with Crippen LogP contribution in [0.1, 0.15) is 31.5 Å². The lowest BCUT2D eigenvalue weighted by Gasteiger charge is -2.43. The fourth-order valence-corrected chi connectivity index (χ4v) is 4.50. The Morgan fingerprint density at radius 1 is 1.38 bits per heavy atom. The first kappa shape index (κ1) is 17.2. The first-order valence-electron chi connectivity index (χ1n) is 8.96. The van der Waals surface area contributed by atoms with Gasteiger partial charge in [-0.05, 0) is 43.9 Å². The van der Waals surface area contributed by atoms with Crippen molar-refractivity contribution in [2.24, 2.45) is 7.05 Å². The molecular weight excluding hydrogens is 335 g/mol. The third-order valence-electron chi connectivity index (χ3n) is 5.59. The number of piperidine rings is 1. The Bertz CT molecular complexity index is 807. The number of nitrogens with zero attached hydrogens (tertiary/aromatic N) is 3. The molecule has 6 nitrogen and oxygen atoms in total. The molecule has 2 N–H and O–H groups in total. The second kappa shape index (κ2) is 6.48. The van der Waals surface area contributed by atoms with E-state index in [9.17, 15) is 14.3 Å². The lowest BCUT2D eigenvalue weighted by atomic mass is 9.85. The van der Waals surface area contributed by atoms with E-state index in [1.807, 2.05) is 17.8 Å². The number of benzene rings is 1. The van der Waals surface area contributed by atoms with Gasteiger partial charge in [-0.2, -0.15) is 0 Å². The van der Waals surface area contributed by atoms with Crippen LogP contribution in [0, 0.1) is 5.82 Å². The SMILES string of the molecule is Cn1ccnc1C1(O)C[C@H]2CC[C@@H](C1)N2CC(=O)Nc1cccc(F)c1. The van der Waals surface area contributed by atoms with Gasteiger partial charge in [-0.25, -0.2) is 9.37 Å². The first-order valence-corrected chi connectivity index (χ1v) is 8.96. The highest BCUT2D eigenvalue weighted by Gasteiger charge is 2.50. The number of hydrogen-bond donors (Lipinski definition) is 2. The summed E-state index contributed by atoms with van der Waals surface area (Å²) in [7, 11) is 1.89. The van der Waals surface area contributed by atoms with Gasteiger partial charge in [-0.15, -0.1) is 0 Å². The Balaban J connectivity index is 1.44. The molecule has 0 saturated carbocycles. The molecule has 2 aliphatic rings. The van der Waals surface area contributed by atoms with Gasteiger partial charge >= 0.3 is 0 Å². The van der Waals surface area contributed by atoms with Crippen molar-refractivity contribution < 1.29 is 14.3 Å². The summed E-state index contributed by atoms with van der Waals surface area (Å²) < 4.78 is 15.1. The summed E-state index contributed by atoms with van der Waals surface area (Å²) in [6.45, 7) is 0.252. The van der Waals surface area contributed by atoms with Gasteiger partial charge in [-0.3, -0.25) is 9.69 Å². The maximum Gasteiger partial charge on any atom is 0.238 e. The zero-order chi connectivity index (χ0) is 18.3. The van der Waals surface area contributed by atoms with Gasteiger partial charge in [-0.1, -0.05) is 6.07 Å². The first-order chi connectivity index (χ1) is 12.4. The molecule has 3 heterocycles. The summed E-state index contributed by atoms with van der Waals surface area (Å²) in [5, 5.41) is 13.9. The lowest BCUT2D eigenvalue weighted by molar-refractivity contribution is -0.121. The van der Waals surface area contributed by atoms with Crippen LogP contribution < -0.4 is 5.32 Å². The number of aliphatic hydroxyl groups is 1. The third-order valence-corrected chi connectivity index (χ3v) is 5.59. The maximum absolute atomic E-state index is 13.3. The standard InChI is InChI=1S/C19H23FN4O2/c1-23-8-7-21-18(23)19(26)10-15-5-6-16(11-19)24(15)12-17(25)22-14-4-2-3-13(20)9-14/h2-4,7-9,15-16,26H,5-6,10-12H2,1H3,(H,22,25)/t15-,16+,19?. The molecule has 4 rings (SSSR count). The number of rotatable bonds is 4. The van der Waals surface area contributed by atoms with E-state index >= 15 is 0 Å². The molecule has 2 saturated heterocycles. The molecule has 2 fully saturated rings. The van der Waals surface area contributed by atoms with Crippen LogP contribution in [0.2, 0.25) is 0 Å². The van der Waals surface area contributed by atoms with E-state index in [4.69, 9.17) is 0 Å². The Morgan fingerprint density at radius 2 is 2.12 bits per heavy atom.